The van der Waals surface area contributed by atoms with Crippen molar-refractivity contribution in [2.45, 2.75) is 58.7 Å². The van der Waals surface area contributed by atoms with Crippen LogP contribution >= 0.6 is 11.6 Å². The Bertz CT molecular complexity index is 892. The molecule has 1 saturated heterocycles. The number of aliphatic carboxylic acids is 2. The van der Waals surface area contributed by atoms with E-state index in [2.05, 4.69) is 9.88 Å². The molecule has 0 aliphatic carbocycles. The van der Waals surface area contributed by atoms with Gasteiger partial charge in [-0.1, -0.05) is 29.8 Å². The van der Waals surface area contributed by atoms with E-state index in [4.69, 9.17) is 26.6 Å². The maximum atomic E-state index is 10.7. The minimum absolute atomic E-state index is 0.156. The highest BCUT2D eigenvalue weighted by atomic mass is 35.5. The molecule has 1 aliphatic heterocycles. The van der Waals surface area contributed by atoms with Crippen molar-refractivity contribution in [2.24, 2.45) is 5.41 Å². The van der Waals surface area contributed by atoms with Crippen LogP contribution in [-0.2, 0) is 14.3 Å². The summed E-state index contributed by atoms with van der Waals surface area (Å²) >= 11 is 6.03. The summed E-state index contributed by atoms with van der Waals surface area (Å²) in [5, 5.41) is 17.7. The number of aromatic nitrogens is 1. The summed E-state index contributed by atoms with van der Waals surface area (Å²) in [6, 6.07) is 13.6. The summed E-state index contributed by atoms with van der Waals surface area (Å²) in [7, 11) is 0. The van der Waals surface area contributed by atoms with Gasteiger partial charge in [-0.25, -0.2) is 0 Å². The van der Waals surface area contributed by atoms with Crippen molar-refractivity contribution in [3.8, 4) is 0 Å². The number of piperidine rings is 1. The zero-order chi connectivity index (χ0) is 25.1. The van der Waals surface area contributed by atoms with Crippen molar-refractivity contribution in [3.63, 3.8) is 0 Å². The lowest BCUT2D eigenvalue weighted by Gasteiger charge is -2.34. The Morgan fingerprint density at radius 3 is 2.24 bits per heavy atom. The van der Waals surface area contributed by atoms with Gasteiger partial charge in [0.15, 0.2) is 0 Å². The first-order chi connectivity index (χ1) is 16.1. The van der Waals surface area contributed by atoms with Gasteiger partial charge in [0, 0.05) is 30.7 Å². The van der Waals surface area contributed by atoms with Crippen LogP contribution in [-0.4, -0.2) is 57.8 Å². The van der Waals surface area contributed by atoms with Crippen LogP contribution in [0.3, 0.4) is 0 Å². The largest absolute Gasteiger partial charge is 0.481 e. The third-order valence-electron chi connectivity index (χ3n) is 5.50. The van der Waals surface area contributed by atoms with Crippen molar-refractivity contribution in [3.05, 3.63) is 64.9 Å². The number of rotatable bonds is 8. The fourth-order valence-electron chi connectivity index (χ4n) is 3.40. The highest BCUT2D eigenvalue weighted by Gasteiger charge is 2.25. The molecule has 1 aliphatic rings. The standard InChI is InChI=1S/C21H25ClN2O3.C5H10O2/c22-17-8-6-16(7-9-17)21(19-4-1-2-12-23-19)27-18-10-14-24(15-11-18)13-3-5-20(25)26;1-5(2,3)4(6)7/h1-2,4,6-9,12,18,21H,3,5,10-11,13-15H2,(H,25,26);1-3H3,(H,6,7)/t21-;/m0./s1. The molecule has 2 aromatic rings. The molecule has 2 heterocycles. The highest BCUT2D eigenvalue weighted by molar-refractivity contribution is 6.30. The number of hydrogen-bond donors (Lipinski definition) is 2. The van der Waals surface area contributed by atoms with E-state index in [9.17, 15) is 9.59 Å². The Hall–Kier alpha value is -2.48. The van der Waals surface area contributed by atoms with Crippen molar-refractivity contribution >= 4 is 23.5 Å². The molecule has 1 aromatic heterocycles. The summed E-state index contributed by atoms with van der Waals surface area (Å²) in [4.78, 5) is 27.5. The number of pyridine rings is 1. The van der Waals surface area contributed by atoms with Crippen LogP contribution < -0.4 is 0 Å². The second-order valence-corrected chi connectivity index (χ2v) is 9.85. The van der Waals surface area contributed by atoms with E-state index in [-0.39, 0.29) is 18.6 Å². The SMILES string of the molecule is CC(C)(C)C(=O)O.O=C(O)CCCN1CCC(O[C@@H](c2ccc(Cl)cc2)c2ccccn2)CC1. The van der Waals surface area contributed by atoms with E-state index in [1.165, 1.54) is 0 Å². The van der Waals surface area contributed by atoms with Gasteiger partial charge in [-0.15, -0.1) is 0 Å². The molecule has 8 heteroatoms. The lowest BCUT2D eigenvalue weighted by atomic mass is 9.98. The van der Waals surface area contributed by atoms with Crippen LogP contribution in [0.5, 0.6) is 0 Å². The van der Waals surface area contributed by atoms with Gasteiger partial charge in [-0.05, 0) is 76.4 Å². The molecule has 1 atom stereocenters. The van der Waals surface area contributed by atoms with Gasteiger partial charge in [-0.2, -0.15) is 0 Å². The molecule has 3 rings (SSSR count). The molecule has 34 heavy (non-hydrogen) atoms. The predicted octanol–water partition coefficient (Wildman–Crippen LogP) is 5.29. The first kappa shape index (κ1) is 27.8. The maximum absolute atomic E-state index is 10.7. The monoisotopic (exact) mass is 490 g/mol. The van der Waals surface area contributed by atoms with Gasteiger partial charge in [0.25, 0.3) is 0 Å². The Labute approximate surface area is 206 Å². The van der Waals surface area contributed by atoms with Gasteiger partial charge in [0.2, 0.25) is 0 Å². The van der Waals surface area contributed by atoms with Crippen LogP contribution in [0.1, 0.15) is 63.8 Å². The summed E-state index contributed by atoms with van der Waals surface area (Å²) in [5.41, 5.74) is 1.35. The van der Waals surface area contributed by atoms with E-state index in [0.717, 1.165) is 43.7 Å². The smallest absolute Gasteiger partial charge is 0.308 e. The van der Waals surface area contributed by atoms with Crippen LogP contribution in [0.15, 0.2) is 48.7 Å². The molecule has 7 nitrogen and oxygen atoms in total. The number of halogens is 1. The lowest BCUT2D eigenvalue weighted by molar-refractivity contribution is -0.145. The molecule has 186 valence electrons. The molecular formula is C26H35ClN2O5. The summed E-state index contributed by atoms with van der Waals surface area (Å²) in [6.45, 7) is 7.68. The van der Waals surface area contributed by atoms with Crippen LogP contribution in [0.25, 0.3) is 0 Å². The van der Waals surface area contributed by atoms with Crippen molar-refractivity contribution in [1.82, 2.24) is 9.88 Å². The number of hydrogen-bond acceptors (Lipinski definition) is 5. The normalized spacial score (nSPS) is 15.8. The van der Waals surface area contributed by atoms with Gasteiger partial charge >= 0.3 is 11.9 Å². The topological polar surface area (TPSA) is 100.0 Å². The average Bonchev–Trinajstić information content (AvgIpc) is 2.79. The Morgan fingerprint density at radius 2 is 1.74 bits per heavy atom. The average molecular weight is 491 g/mol. The second kappa shape index (κ2) is 13.4. The predicted molar refractivity (Wildman–Crippen MR) is 132 cm³/mol. The number of carboxylic acid groups (broad SMARTS) is 2. The molecule has 0 amide bonds. The van der Waals surface area contributed by atoms with Gasteiger partial charge < -0.3 is 19.8 Å². The molecule has 0 bridgehead atoms. The molecule has 0 saturated carbocycles. The molecule has 0 spiro atoms. The number of carboxylic acids is 2. The Kier molecular flexibility index (Phi) is 11.0. The molecule has 1 aromatic carbocycles. The molecule has 2 N–H and O–H groups in total. The second-order valence-electron chi connectivity index (χ2n) is 9.42. The van der Waals surface area contributed by atoms with E-state index >= 15 is 0 Å². The third kappa shape index (κ3) is 9.79. The summed E-state index contributed by atoms with van der Waals surface area (Å²) in [5.74, 6) is -1.48. The quantitative estimate of drug-likeness (QED) is 0.518. The molecule has 0 radical (unpaired) electrons. The number of carbonyl (C=O) groups is 2. The Morgan fingerprint density at radius 1 is 1.12 bits per heavy atom. The molecule has 0 unspecified atom stereocenters. The van der Waals surface area contributed by atoms with E-state index in [1.807, 2.05) is 42.5 Å². The third-order valence-corrected chi connectivity index (χ3v) is 5.75. The first-order valence-electron chi connectivity index (χ1n) is 11.6. The Balaban J connectivity index is 0.000000509. The maximum Gasteiger partial charge on any atom is 0.308 e. The van der Waals surface area contributed by atoms with Gasteiger partial charge in [0.1, 0.15) is 6.10 Å². The number of likely N-dealkylation sites (tertiary alicyclic amines) is 1. The van der Waals surface area contributed by atoms with Crippen LogP contribution in [0, 0.1) is 5.41 Å². The molecular weight excluding hydrogens is 456 g/mol. The van der Waals surface area contributed by atoms with Crippen LogP contribution in [0.2, 0.25) is 5.02 Å². The van der Waals surface area contributed by atoms with Crippen LogP contribution in [0.4, 0.5) is 0 Å². The zero-order valence-corrected chi connectivity index (χ0v) is 20.9. The van der Waals surface area contributed by atoms with E-state index in [1.54, 1.807) is 27.0 Å². The number of benzene rings is 1. The number of ether oxygens (including phenoxy) is 1. The van der Waals surface area contributed by atoms with Crippen molar-refractivity contribution < 1.29 is 24.5 Å². The summed E-state index contributed by atoms with van der Waals surface area (Å²) in [6.07, 6.45) is 4.52. The van der Waals surface area contributed by atoms with Crippen molar-refractivity contribution in [1.29, 1.82) is 0 Å². The zero-order valence-electron chi connectivity index (χ0n) is 20.1. The van der Waals surface area contributed by atoms with Gasteiger partial charge in [-0.3, -0.25) is 14.6 Å². The van der Waals surface area contributed by atoms with Gasteiger partial charge in [0.05, 0.1) is 17.2 Å². The fourth-order valence-corrected chi connectivity index (χ4v) is 3.53. The van der Waals surface area contributed by atoms with E-state index in [0.29, 0.717) is 11.4 Å². The minimum atomic E-state index is -0.757. The fraction of sp³-hybridized carbons (Fsp3) is 0.500. The van der Waals surface area contributed by atoms with E-state index < -0.39 is 17.4 Å². The lowest BCUT2D eigenvalue weighted by Crippen LogP contribution is -2.38. The first-order valence-corrected chi connectivity index (χ1v) is 11.9. The molecule has 1 fully saturated rings. The van der Waals surface area contributed by atoms with Crippen molar-refractivity contribution in [2.75, 3.05) is 19.6 Å². The summed E-state index contributed by atoms with van der Waals surface area (Å²) < 4.78 is 6.47. The number of nitrogens with zero attached hydrogens (tertiary/aromatic N) is 2. The highest BCUT2D eigenvalue weighted by Crippen LogP contribution is 2.29. The minimum Gasteiger partial charge on any atom is -0.481 e.